The molecule has 0 saturated heterocycles. The molecule has 0 saturated carbocycles. The van der Waals surface area contributed by atoms with E-state index >= 15 is 0 Å². The number of rotatable bonds is 4. The maximum absolute atomic E-state index is 12.4. The van der Waals surface area contributed by atoms with E-state index < -0.39 is 5.97 Å². The van der Waals surface area contributed by atoms with E-state index in [9.17, 15) is 9.59 Å². The van der Waals surface area contributed by atoms with Crippen molar-refractivity contribution < 1.29 is 14.7 Å². The third-order valence-corrected chi connectivity index (χ3v) is 4.18. The molecule has 1 aliphatic rings. The van der Waals surface area contributed by atoms with Crippen molar-refractivity contribution in [2.24, 2.45) is 0 Å². The maximum Gasteiger partial charge on any atom is 0.307 e. The third kappa shape index (κ3) is 3.77. The number of amides is 1. The van der Waals surface area contributed by atoms with Crippen LogP contribution in [0.15, 0.2) is 42.5 Å². The van der Waals surface area contributed by atoms with Crippen molar-refractivity contribution in [3.05, 3.63) is 64.7 Å². The SMILES string of the molecule is O=C(O)Cc1ccc(NC(=O)c2ccc3c(c2)CCCC3)cc1. The minimum atomic E-state index is -0.865. The van der Waals surface area contributed by atoms with Gasteiger partial charge in [-0.15, -0.1) is 0 Å². The number of carbonyl (C=O) groups excluding carboxylic acids is 1. The largest absolute Gasteiger partial charge is 0.481 e. The quantitative estimate of drug-likeness (QED) is 0.909. The number of anilines is 1. The van der Waals surface area contributed by atoms with Gasteiger partial charge in [-0.25, -0.2) is 0 Å². The Morgan fingerprint density at radius 3 is 2.35 bits per heavy atom. The molecule has 1 amide bonds. The van der Waals surface area contributed by atoms with Crippen LogP contribution < -0.4 is 5.32 Å². The maximum atomic E-state index is 12.4. The van der Waals surface area contributed by atoms with Crippen LogP contribution in [0.25, 0.3) is 0 Å². The summed E-state index contributed by atoms with van der Waals surface area (Å²) in [5, 5.41) is 11.6. The fourth-order valence-corrected chi connectivity index (χ4v) is 2.96. The van der Waals surface area contributed by atoms with E-state index in [1.54, 1.807) is 24.3 Å². The first-order valence-electron chi connectivity index (χ1n) is 7.86. The number of hydrogen-bond donors (Lipinski definition) is 2. The molecule has 3 rings (SSSR count). The number of carboxylic acids is 1. The van der Waals surface area contributed by atoms with Crippen molar-refractivity contribution in [1.29, 1.82) is 0 Å². The molecule has 0 bridgehead atoms. The van der Waals surface area contributed by atoms with Crippen LogP contribution in [0.5, 0.6) is 0 Å². The predicted octanol–water partition coefficient (Wildman–Crippen LogP) is 3.44. The van der Waals surface area contributed by atoms with Crippen LogP contribution in [0.3, 0.4) is 0 Å². The average molecular weight is 309 g/mol. The molecule has 0 aliphatic heterocycles. The molecule has 0 fully saturated rings. The summed E-state index contributed by atoms with van der Waals surface area (Å²) in [5.74, 6) is -1.000. The Labute approximate surface area is 135 Å². The van der Waals surface area contributed by atoms with E-state index in [-0.39, 0.29) is 12.3 Å². The second-order valence-electron chi connectivity index (χ2n) is 5.91. The van der Waals surface area contributed by atoms with Crippen LogP contribution in [0.4, 0.5) is 5.69 Å². The van der Waals surface area contributed by atoms with Gasteiger partial charge < -0.3 is 10.4 Å². The number of nitrogens with one attached hydrogen (secondary N) is 1. The first-order chi connectivity index (χ1) is 11.1. The Balaban J connectivity index is 1.70. The highest BCUT2D eigenvalue weighted by atomic mass is 16.4. The molecule has 0 spiro atoms. The minimum absolute atomic E-state index is 0.0148. The summed E-state index contributed by atoms with van der Waals surface area (Å²) in [6.07, 6.45) is 4.53. The molecule has 23 heavy (non-hydrogen) atoms. The van der Waals surface area contributed by atoms with Crippen molar-refractivity contribution in [3.63, 3.8) is 0 Å². The Morgan fingerprint density at radius 2 is 1.65 bits per heavy atom. The van der Waals surface area contributed by atoms with Crippen LogP contribution in [0.1, 0.15) is 39.9 Å². The molecule has 0 radical (unpaired) electrons. The molecule has 4 nitrogen and oxygen atoms in total. The van der Waals surface area contributed by atoms with Crippen LogP contribution in [-0.4, -0.2) is 17.0 Å². The zero-order valence-corrected chi connectivity index (χ0v) is 12.8. The van der Waals surface area contributed by atoms with E-state index in [1.807, 2.05) is 12.1 Å². The summed E-state index contributed by atoms with van der Waals surface area (Å²) in [4.78, 5) is 23.0. The fraction of sp³-hybridized carbons (Fsp3) is 0.263. The molecular weight excluding hydrogens is 290 g/mol. The number of fused-ring (bicyclic) bond motifs is 1. The topological polar surface area (TPSA) is 66.4 Å². The molecule has 1 aliphatic carbocycles. The van der Waals surface area contributed by atoms with E-state index in [0.717, 1.165) is 12.8 Å². The summed E-state index contributed by atoms with van der Waals surface area (Å²) in [6, 6.07) is 12.8. The summed E-state index contributed by atoms with van der Waals surface area (Å²) >= 11 is 0. The number of aryl methyl sites for hydroxylation is 2. The molecule has 118 valence electrons. The smallest absolute Gasteiger partial charge is 0.307 e. The van der Waals surface area contributed by atoms with E-state index in [1.165, 1.54) is 24.0 Å². The lowest BCUT2D eigenvalue weighted by atomic mass is 9.90. The van der Waals surface area contributed by atoms with Crippen molar-refractivity contribution >= 4 is 17.6 Å². The van der Waals surface area contributed by atoms with Crippen molar-refractivity contribution in [2.45, 2.75) is 32.1 Å². The molecule has 0 aromatic heterocycles. The summed E-state index contributed by atoms with van der Waals surface area (Å²) in [5.41, 5.74) is 4.68. The molecule has 2 aromatic carbocycles. The highest BCUT2D eigenvalue weighted by Crippen LogP contribution is 2.22. The zero-order valence-electron chi connectivity index (χ0n) is 12.8. The lowest BCUT2D eigenvalue weighted by Gasteiger charge is -2.16. The van der Waals surface area contributed by atoms with Crippen molar-refractivity contribution in [3.8, 4) is 0 Å². The highest BCUT2D eigenvalue weighted by Gasteiger charge is 2.13. The summed E-state index contributed by atoms with van der Waals surface area (Å²) < 4.78 is 0. The van der Waals surface area contributed by atoms with Crippen LogP contribution in [0, 0.1) is 0 Å². The zero-order chi connectivity index (χ0) is 16.2. The standard InChI is InChI=1S/C19H19NO3/c21-18(22)11-13-5-9-17(10-6-13)20-19(23)16-8-7-14-3-1-2-4-15(14)12-16/h5-10,12H,1-4,11H2,(H,20,23)(H,21,22). The molecule has 4 heteroatoms. The Kier molecular flexibility index (Phi) is 4.42. The number of carbonyl (C=O) groups is 2. The van der Waals surface area contributed by atoms with Gasteiger partial charge in [0.15, 0.2) is 0 Å². The molecule has 2 N–H and O–H groups in total. The molecule has 0 atom stereocenters. The van der Waals surface area contributed by atoms with Gasteiger partial charge in [0.1, 0.15) is 0 Å². The van der Waals surface area contributed by atoms with Crippen molar-refractivity contribution in [2.75, 3.05) is 5.32 Å². The predicted molar refractivity (Wildman–Crippen MR) is 88.8 cm³/mol. The molecule has 2 aromatic rings. The highest BCUT2D eigenvalue weighted by molar-refractivity contribution is 6.04. The van der Waals surface area contributed by atoms with Gasteiger partial charge in [0.05, 0.1) is 6.42 Å². The number of aliphatic carboxylic acids is 1. The fourth-order valence-electron chi connectivity index (χ4n) is 2.96. The van der Waals surface area contributed by atoms with Gasteiger partial charge in [0.2, 0.25) is 0 Å². The van der Waals surface area contributed by atoms with Gasteiger partial charge in [-0.3, -0.25) is 9.59 Å². The van der Waals surface area contributed by atoms with Crippen LogP contribution >= 0.6 is 0 Å². The van der Waals surface area contributed by atoms with Gasteiger partial charge in [-0.1, -0.05) is 18.2 Å². The first kappa shape index (κ1) is 15.3. The lowest BCUT2D eigenvalue weighted by Crippen LogP contribution is -2.13. The molecule has 0 heterocycles. The average Bonchev–Trinajstić information content (AvgIpc) is 2.55. The minimum Gasteiger partial charge on any atom is -0.481 e. The van der Waals surface area contributed by atoms with E-state index in [0.29, 0.717) is 16.8 Å². The summed E-state index contributed by atoms with van der Waals surface area (Å²) in [7, 11) is 0. The van der Waals surface area contributed by atoms with Gasteiger partial charge in [-0.05, 0) is 66.6 Å². The van der Waals surface area contributed by atoms with Gasteiger partial charge >= 0.3 is 5.97 Å². The third-order valence-electron chi connectivity index (χ3n) is 4.18. The van der Waals surface area contributed by atoms with Crippen LogP contribution in [-0.2, 0) is 24.1 Å². The van der Waals surface area contributed by atoms with Gasteiger partial charge in [-0.2, -0.15) is 0 Å². The molecule has 0 unspecified atom stereocenters. The number of carboxylic acid groups (broad SMARTS) is 1. The van der Waals surface area contributed by atoms with Gasteiger partial charge in [0, 0.05) is 11.3 Å². The molecular formula is C19H19NO3. The second kappa shape index (κ2) is 6.65. The van der Waals surface area contributed by atoms with Crippen LogP contribution in [0.2, 0.25) is 0 Å². The van der Waals surface area contributed by atoms with E-state index in [2.05, 4.69) is 11.4 Å². The monoisotopic (exact) mass is 309 g/mol. The number of hydrogen-bond acceptors (Lipinski definition) is 2. The van der Waals surface area contributed by atoms with Gasteiger partial charge in [0.25, 0.3) is 5.91 Å². The summed E-state index contributed by atoms with van der Waals surface area (Å²) in [6.45, 7) is 0. The van der Waals surface area contributed by atoms with Crippen molar-refractivity contribution in [1.82, 2.24) is 0 Å². The second-order valence-corrected chi connectivity index (χ2v) is 5.91. The number of benzene rings is 2. The Bertz CT molecular complexity index is 735. The Morgan fingerprint density at radius 1 is 0.957 bits per heavy atom. The first-order valence-corrected chi connectivity index (χ1v) is 7.86. The normalized spacial score (nSPS) is 13.2. The van der Waals surface area contributed by atoms with E-state index in [4.69, 9.17) is 5.11 Å². The lowest BCUT2D eigenvalue weighted by molar-refractivity contribution is -0.136. The Hall–Kier alpha value is -2.62.